The third-order valence-corrected chi connectivity index (χ3v) is 3.99. The third-order valence-electron chi connectivity index (χ3n) is 3.99. The van der Waals surface area contributed by atoms with E-state index in [1.54, 1.807) is 38.5 Å². The first-order valence-corrected chi connectivity index (χ1v) is 8.98. The van der Waals surface area contributed by atoms with E-state index < -0.39 is 0 Å². The van der Waals surface area contributed by atoms with Crippen LogP contribution in [-0.2, 0) is 0 Å². The van der Waals surface area contributed by atoms with E-state index in [0.717, 1.165) is 11.5 Å². The normalized spacial score (nSPS) is 10.1. The maximum Gasteiger partial charge on any atom is 0.276 e. The van der Waals surface area contributed by atoms with E-state index >= 15 is 0 Å². The van der Waals surface area contributed by atoms with Crippen molar-refractivity contribution in [2.75, 3.05) is 38.0 Å². The lowest BCUT2D eigenvalue weighted by Crippen LogP contribution is -2.16. The third kappa shape index (κ3) is 5.58. The quantitative estimate of drug-likeness (QED) is 0.538. The second-order valence-electron chi connectivity index (χ2n) is 5.91. The number of hydrogen-bond acceptors (Lipinski definition) is 7. The highest BCUT2D eigenvalue weighted by atomic mass is 16.5. The number of carbonyl (C=O) groups is 1. The number of carbonyl (C=O) groups excluding carboxylic acids is 1. The molecule has 3 aromatic rings. The van der Waals surface area contributed by atoms with E-state index in [9.17, 15) is 4.79 Å². The number of aromatic nitrogens is 2. The van der Waals surface area contributed by atoms with Crippen LogP contribution in [-0.4, -0.2) is 43.5 Å². The minimum atomic E-state index is -0.364. The Bertz CT molecular complexity index is 930. The molecule has 0 aliphatic rings. The second kappa shape index (κ2) is 9.93. The predicted molar refractivity (Wildman–Crippen MR) is 110 cm³/mol. The summed E-state index contributed by atoms with van der Waals surface area (Å²) >= 11 is 0. The second-order valence-corrected chi connectivity index (χ2v) is 5.91. The Morgan fingerprint density at radius 2 is 1.66 bits per heavy atom. The highest BCUT2D eigenvalue weighted by molar-refractivity contribution is 6.03. The lowest BCUT2D eigenvalue weighted by molar-refractivity contribution is 0.102. The van der Waals surface area contributed by atoms with Crippen LogP contribution in [0.5, 0.6) is 17.2 Å². The van der Waals surface area contributed by atoms with Gasteiger partial charge in [-0.05, 0) is 48.5 Å². The molecular weight excluding hydrogens is 372 g/mol. The van der Waals surface area contributed by atoms with Crippen LogP contribution >= 0.6 is 0 Å². The van der Waals surface area contributed by atoms with Gasteiger partial charge in [0.2, 0.25) is 0 Å². The number of ether oxygens (including phenoxy) is 3. The number of nitrogens with one attached hydrogen (secondary N) is 2. The Morgan fingerprint density at radius 1 is 0.897 bits per heavy atom. The predicted octanol–water partition coefficient (Wildman–Crippen LogP) is 3.24. The Hall–Kier alpha value is -3.81. The Morgan fingerprint density at radius 3 is 2.34 bits per heavy atom. The van der Waals surface area contributed by atoms with Crippen molar-refractivity contribution in [3.05, 3.63) is 66.4 Å². The van der Waals surface area contributed by atoms with Gasteiger partial charge in [-0.15, -0.1) is 10.2 Å². The van der Waals surface area contributed by atoms with Gasteiger partial charge in [-0.2, -0.15) is 0 Å². The van der Waals surface area contributed by atoms with Crippen molar-refractivity contribution < 1.29 is 19.0 Å². The molecule has 29 heavy (non-hydrogen) atoms. The summed E-state index contributed by atoms with van der Waals surface area (Å²) in [6.45, 7) is 0.984. The van der Waals surface area contributed by atoms with Crippen LogP contribution in [0.1, 0.15) is 10.5 Å². The molecule has 1 amide bonds. The summed E-state index contributed by atoms with van der Waals surface area (Å²) in [6.07, 6.45) is 0. The summed E-state index contributed by atoms with van der Waals surface area (Å²) in [5, 5.41) is 13.8. The maximum atomic E-state index is 12.3. The Kier molecular flexibility index (Phi) is 6.83. The molecule has 0 fully saturated rings. The molecule has 3 rings (SSSR count). The highest BCUT2D eigenvalue weighted by Crippen LogP contribution is 2.23. The van der Waals surface area contributed by atoms with Crippen LogP contribution in [0, 0.1) is 0 Å². The summed E-state index contributed by atoms with van der Waals surface area (Å²) < 4.78 is 16.0. The van der Waals surface area contributed by atoms with Crippen LogP contribution in [0.3, 0.4) is 0 Å². The molecule has 0 aliphatic carbocycles. The van der Waals surface area contributed by atoms with Gasteiger partial charge in [0.25, 0.3) is 5.91 Å². The first kappa shape index (κ1) is 19.9. The topological polar surface area (TPSA) is 94.6 Å². The fourth-order valence-corrected chi connectivity index (χ4v) is 2.50. The van der Waals surface area contributed by atoms with Gasteiger partial charge in [0.1, 0.15) is 29.7 Å². The molecule has 1 heterocycles. The van der Waals surface area contributed by atoms with Gasteiger partial charge in [-0.3, -0.25) is 4.79 Å². The molecular formula is C21H22N4O4. The number of para-hydroxylation sites is 2. The smallest absolute Gasteiger partial charge is 0.276 e. The minimum absolute atomic E-state index is 0.205. The summed E-state index contributed by atoms with van der Waals surface area (Å²) in [5.74, 6) is 2.29. The standard InChI is InChI=1S/C21H22N4O4/c1-27-15-7-9-16(10-8-15)29-14-13-22-20-12-11-18(24-25-20)21(26)23-17-5-3-4-6-19(17)28-2/h3-12H,13-14H2,1-2H3,(H,22,25)(H,23,26). The van der Waals surface area contributed by atoms with Crippen molar-refractivity contribution in [2.45, 2.75) is 0 Å². The van der Waals surface area contributed by atoms with Gasteiger partial charge in [0.15, 0.2) is 5.69 Å². The summed E-state index contributed by atoms with van der Waals surface area (Å²) in [4.78, 5) is 12.3. The molecule has 150 valence electrons. The monoisotopic (exact) mass is 394 g/mol. The molecule has 0 atom stereocenters. The fraction of sp³-hybridized carbons (Fsp3) is 0.190. The van der Waals surface area contributed by atoms with E-state index in [4.69, 9.17) is 14.2 Å². The van der Waals surface area contributed by atoms with Gasteiger partial charge >= 0.3 is 0 Å². The van der Waals surface area contributed by atoms with Crippen molar-refractivity contribution in [1.82, 2.24) is 10.2 Å². The Balaban J connectivity index is 1.47. The van der Waals surface area contributed by atoms with Crippen LogP contribution in [0.2, 0.25) is 0 Å². The van der Waals surface area contributed by atoms with Crippen molar-refractivity contribution >= 4 is 17.4 Å². The van der Waals surface area contributed by atoms with E-state index in [1.165, 1.54) is 0 Å². The summed E-state index contributed by atoms with van der Waals surface area (Å²) in [6, 6.07) is 17.8. The number of nitrogens with zero attached hydrogens (tertiary/aromatic N) is 2. The van der Waals surface area contributed by atoms with Crippen molar-refractivity contribution in [1.29, 1.82) is 0 Å². The van der Waals surface area contributed by atoms with Gasteiger partial charge in [-0.25, -0.2) is 0 Å². The first-order valence-electron chi connectivity index (χ1n) is 8.98. The summed E-state index contributed by atoms with van der Waals surface area (Å²) in [7, 11) is 3.16. The number of rotatable bonds is 9. The highest BCUT2D eigenvalue weighted by Gasteiger charge is 2.11. The number of methoxy groups -OCH3 is 2. The van der Waals surface area contributed by atoms with Gasteiger partial charge in [0, 0.05) is 0 Å². The lowest BCUT2D eigenvalue weighted by atomic mass is 10.2. The van der Waals surface area contributed by atoms with Crippen molar-refractivity contribution in [2.24, 2.45) is 0 Å². The summed E-state index contributed by atoms with van der Waals surface area (Å²) in [5.41, 5.74) is 0.774. The SMILES string of the molecule is COc1ccc(OCCNc2ccc(C(=O)Nc3ccccc3OC)nn2)cc1. The first-order chi connectivity index (χ1) is 14.2. The van der Waals surface area contributed by atoms with Crippen LogP contribution in [0.15, 0.2) is 60.7 Å². The maximum absolute atomic E-state index is 12.3. The molecule has 0 aliphatic heterocycles. The average Bonchev–Trinajstić information content (AvgIpc) is 2.78. The fourth-order valence-electron chi connectivity index (χ4n) is 2.50. The van der Waals surface area contributed by atoms with E-state index in [1.807, 2.05) is 36.4 Å². The zero-order valence-corrected chi connectivity index (χ0v) is 16.2. The zero-order chi connectivity index (χ0) is 20.5. The molecule has 2 N–H and O–H groups in total. The molecule has 0 radical (unpaired) electrons. The van der Waals surface area contributed by atoms with Crippen molar-refractivity contribution in [3.8, 4) is 17.2 Å². The molecule has 0 unspecified atom stereocenters. The molecule has 0 spiro atoms. The Labute approximate surface area is 168 Å². The van der Waals surface area contributed by atoms with E-state index in [-0.39, 0.29) is 11.6 Å². The average molecular weight is 394 g/mol. The van der Waals surface area contributed by atoms with E-state index in [0.29, 0.717) is 30.4 Å². The number of anilines is 2. The molecule has 0 saturated carbocycles. The number of amides is 1. The molecule has 0 bridgehead atoms. The molecule has 1 aromatic heterocycles. The zero-order valence-electron chi connectivity index (χ0n) is 16.2. The van der Waals surface area contributed by atoms with Gasteiger partial charge in [-0.1, -0.05) is 12.1 Å². The van der Waals surface area contributed by atoms with Crippen LogP contribution in [0.4, 0.5) is 11.5 Å². The largest absolute Gasteiger partial charge is 0.497 e. The lowest BCUT2D eigenvalue weighted by Gasteiger charge is -2.10. The minimum Gasteiger partial charge on any atom is -0.497 e. The van der Waals surface area contributed by atoms with Crippen LogP contribution < -0.4 is 24.8 Å². The molecule has 0 saturated heterocycles. The van der Waals surface area contributed by atoms with Crippen molar-refractivity contribution in [3.63, 3.8) is 0 Å². The number of benzene rings is 2. The van der Waals surface area contributed by atoms with Gasteiger partial charge in [0.05, 0.1) is 26.5 Å². The van der Waals surface area contributed by atoms with Crippen LogP contribution in [0.25, 0.3) is 0 Å². The number of hydrogen-bond donors (Lipinski definition) is 2. The molecule has 2 aromatic carbocycles. The van der Waals surface area contributed by atoms with Gasteiger partial charge < -0.3 is 24.8 Å². The van der Waals surface area contributed by atoms with E-state index in [2.05, 4.69) is 20.8 Å². The molecule has 8 heteroatoms. The molecule has 8 nitrogen and oxygen atoms in total.